The summed E-state index contributed by atoms with van der Waals surface area (Å²) < 4.78 is 0. The molecule has 1 unspecified atom stereocenters. The van der Waals surface area contributed by atoms with E-state index in [2.05, 4.69) is 24.1 Å². The maximum Gasteiger partial charge on any atom is 0.326 e. The molecule has 2 rings (SSSR count). The summed E-state index contributed by atoms with van der Waals surface area (Å²) in [6, 6.07) is -0.457. The monoisotopic (exact) mass is 269 g/mol. The van der Waals surface area contributed by atoms with Crippen LogP contribution in [0.5, 0.6) is 0 Å². The van der Waals surface area contributed by atoms with Crippen molar-refractivity contribution in [2.75, 3.05) is 26.2 Å². The Hall–Kier alpha value is -1.30. The smallest absolute Gasteiger partial charge is 0.326 e. The van der Waals surface area contributed by atoms with Crippen LogP contribution in [0.1, 0.15) is 26.7 Å². The molecular formula is C13H23N3O3. The summed E-state index contributed by atoms with van der Waals surface area (Å²) >= 11 is 0. The Morgan fingerprint density at radius 1 is 1.16 bits per heavy atom. The lowest BCUT2D eigenvalue weighted by Gasteiger charge is -2.37. The minimum atomic E-state index is -0.920. The number of carbonyl (C=O) groups excluding carboxylic acids is 1. The number of aliphatic carboxylic acids is 1. The van der Waals surface area contributed by atoms with Gasteiger partial charge in [-0.1, -0.05) is 0 Å². The summed E-state index contributed by atoms with van der Waals surface area (Å²) in [5, 5.41) is 11.8. The van der Waals surface area contributed by atoms with Gasteiger partial charge >= 0.3 is 12.0 Å². The highest BCUT2D eigenvalue weighted by atomic mass is 16.4. The Morgan fingerprint density at radius 3 is 2.16 bits per heavy atom. The molecule has 0 aromatic rings. The van der Waals surface area contributed by atoms with Crippen molar-refractivity contribution in [3.8, 4) is 0 Å². The molecule has 2 aliphatic rings. The third kappa shape index (κ3) is 3.59. The molecule has 19 heavy (non-hydrogen) atoms. The van der Waals surface area contributed by atoms with E-state index in [1.54, 1.807) is 4.90 Å². The summed E-state index contributed by atoms with van der Waals surface area (Å²) in [6.45, 7) is 7.33. The van der Waals surface area contributed by atoms with Crippen LogP contribution in [0.3, 0.4) is 0 Å². The van der Waals surface area contributed by atoms with Crippen molar-refractivity contribution in [1.29, 1.82) is 0 Å². The second-order valence-electron chi connectivity index (χ2n) is 5.72. The summed E-state index contributed by atoms with van der Waals surface area (Å²) in [7, 11) is 0. The maximum absolute atomic E-state index is 12.1. The first-order valence-electron chi connectivity index (χ1n) is 7.01. The fraction of sp³-hybridized carbons (Fsp3) is 0.846. The van der Waals surface area contributed by atoms with Crippen LogP contribution in [0.4, 0.5) is 4.79 Å². The second-order valence-corrected chi connectivity index (χ2v) is 5.72. The predicted molar refractivity (Wildman–Crippen MR) is 71.0 cm³/mol. The minimum absolute atomic E-state index is 0.124. The SMILES string of the molecule is CC(C)N1CCN(C(=O)NC(C(=O)O)C2CC2)CC1. The Kier molecular flexibility index (Phi) is 4.29. The fourth-order valence-electron chi connectivity index (χ4n) is 2.48. The van der Waals surface area contributed by atoms with Gasteiger partial charge in [-0.15, -0.1) is 0 Å². The summed E-state index contributed by atoms with van der Waals surface area (Å²) in [5.41, 5.74) is 0. The third-order valence-electron chi connectivity index (χ3n) is 3.97. The van der Waals surface area contributed by atoms with Crippen LogP contribution < -0.4 is 5.32 Å². The Labute approximate surface area is 113 Å². The van der Waals surface area contributed by atoms with E-state index in [1.807, 2.05) is 0 Å². The van der Waals surface area contributed by atoms with Crippen molar-refractivity contribution in [2.24, 2.45) is 5.92 Å². The van der Waals surface area contributed by atoms with Crippen molar-refractivity contribution in [2.45, 2.75) is 38.8 Å². The summed E-state index contributed by atoms with van der Waals surface area (Å²) in [6.07, 6.45) is 1.80. The van der Waals surface area contributed by atoms with Crippen molar-refractivity contribution in [3.05, 3.63) is 0 Å². The highest BCUT2D eigenvalue weighted by molar-refractivity contribution is 5.83. The largest absolute Gasteiger partial charge is 0.480 e. The first kappa shape index (κ1) is 14.1. The third-order valence-corrected chi connectivity index (χ3v) is 3.97. The van der Waals surface area contributed by atoms with Crippen molar-refractivity contribution in [3.63, 3.8) is 0 Å². The van der Waals surface area contributed by atoms with Crippen molar-refractivity contribution >= 4 is 12.0 Å². The number of carboxylic acid groups (broad SMARTS) is 1. The van der Waals surface area contributed by atoms with Gasteiger partial charge in [0.2, 0.25) is 0 Å². The van der Waals surface area contributed by atoms with Crippen LogP contribution in [-0.4, -0.2) is 65.2 Å². The van der Waals surface area contributed by atoms with E-state index in [0.29, 0.717) is 19.1 Å². The Morgan fingerprint density at radius 2 is 1.74 bits per heavy atom. The number of urea groups is 1. The van der Waals surface area contributed by atoms with E-state index < -0.39 is 12.0 Å². The predicted octanol–water partition coefficient (Wildman–Crippen LogP) is 0.585. The van der Waals surface area contributed by atoms with Crippen molar-refractivity contribution in [1.82, 2.24) is 15.1 Å². The highest BCUT2D eigenvalue weighted by Crippen LogP contribution is 2.32. The highest BCUT2D eigenvalue weighted by Gasteiger charge is 2.38. The van der Waals surface area contributed by atoms with E-state index >= 15 is 0 Å². The van der Waals surface area contributed by atoms with Gasteiger partial charge in [-0.2, -0.15) is 0 Å². The van der Waals surface area contributed by atoms with Gasteiger partial charge in [0, 0.05) is 32.2 Å². The van der Waals surface area contributed by atoms with Gasteiger partial charge in [0.1, 0.15) is 6.04 Å². The maximum atomic E-state index is 12.1. The average Bonchev–Trinajstić information content (AvgIpc) is 3.19. The topological polar surface area (TPSA) is 72.9 Å². The molecule has 2 amide bonds. The molecule has 108 valence electrons. The number of amides is 2. The number of nitrogens with one attached hydrogen (secondary N) is 1. The number of carboxylic acids is 1. The van der Waals surface area contributed by atoms with Crippen LogP contribution in [0.25, 0.3) is 0 Å². The first-order chi connectivity index (χ1) is 8.99. The zero-order chi connectivity index (χ0) is 14.0. The van der Waals surface area contributed by atoms with E-state index in [0.717, 1.165) is 25.9 Å². The number of carbonyl (C=O) groups is 2. The molecule has 0 bridgehead atoms. The molecule has 2 N–H and O–H groups in total. The summed E-state index contributed by atoms with van der Waals surface area (Å²) in [4.78, 5) is 27.2. The van der Waals surface area contributed by atoms with Crippen LogP contribution >= 0.6 is 0 Å². The number of hydrogen-bond acceptors (Lipinski definition) is 3. The van der Waals surface area contributed by atoms with Gasteiger partial charge in [-0.05, 0) is 32.6 Å². The second kappa shape index (κ2) is 5.77. The molecule has 1 saturated carbocycles. The van der Waals surface area contributed by atoms with Gasteiger partial charge in [0.15, 0.2) is 0 Å². The van der Waals surface area contributed by atoms with E-state index in [9.17, 15) is 9.59 Å². The number of hydrogen-bond donors (Lipinski definition) is 2. The van der Waals surface area contributed by atoms with Gasteiger partial charge < -0.3 is 15.3 Å². The zero-order valence-corrected chi connectivity index (χ0v) is 11.6. The normalized spacial score (nSPS) is 22.4. The van der Waals surface area contributed by atoms with Crippen molar-refractivity contribution < 1.29 is 14.7 Å². The first-order valence-corrected chi connectivity index (χ1v) is 7.01. The lowest BCUT2D eigenvalue weighted by molar-refractivity contribution is -0.139. The Bertz CT molecular complexity index is 347. The average molecular weight is 269 g/mol. The molecule has 0 aromatic carbocycles. The Balaban J connectivity index is 1.82. The van der Waals surface area contributed by atoms with Crippen LogP contribution in [-0.2, 0) is 4.79 Å². The molecular weight excluding hydrogens is 246 g/mol. The standard InChI is InChI=1S/C13H23N3O3/c1-9(2)15-5-7-16(8-6-15)13(19)14-11(12(17)18)10-3-4-10/h9-11H,3-8H2,1-2H3,(H,14,19)(H,17,18). The van der Waals surface area contributed by atoms with E-state index in [4.69, 9.17) is 5.11 Å². The molecule has 0 spiro atoms. The molecule has 0 radical (unpaired) electrons. The quantitative estimate of drug-likeness (QED) is 0.783. The molecule has 1 aliphatic heterocycles. The number of nitrogens with zero attached hydrogens (tertiary/aromatic N) is 2. The molecule has 1 saturated heterocycles. The molecule has 0 aromatic heterocycles. The van der Waals surface area contributed by atoms with Gasteiger partial charge in [-0.3, -0.25) is 4.90 Å². The molecule has 6 heteroatoms. The number of rotatable bonds is 4. The zero-order valence-electron chi connectivity index (χ0n) is 11.6. The van der Waals surface area contributed by atoms with Gasteiger partial charge in [0.05, 0.1) is 0 Å². The lowest BCUT2D eigenvalue weighted by atomic mass is 10.2. The lowest BCUT2D eigenvalue weighted by Crippen LogP contribution is -2.56. The molecule has 1 atom stereocenters. The van der Waals surface area contributed by atoms with Crippen LogP contribution in [0, 0.1) is 5.92 Å². The molecule has 6 nitrogen and oxygen atoms in total. The molecule has 1 heterocycles. The van der Waals surface area contributed by atoms with E-state index in [-0.39, 0.29) is 11.9 Å². The van der Waals surface area contributed by atoms with E-state index in [1.165, 1.54) is 0 Å². The van der Waals surface area contributed by atoms with Gasteiger partial charge in [-0.25, -0.2) is 9.59 Å². The van der Waals surface area contributed by atoms with Crippen LogP contribution in [0.2, 0.25) is 0 Å². The van der Waals surface area contributed by atoms with Gasteiger partial charge in [0.25, 0.3) is 0 Å². The minimum Gasteiger partial charge on any atom is -0.480 e. The fourth-order valence-corrected chi connectivity index (χ4v) is 2.48. The number of piperazine rings is 1. The summed E-state index contributed by atoms with van der Waals surface area (Å²) in [5.74, 6) is -0.796. The van der Waals surface area contributed by atoms with Crippen LogP contribution in [0.15, 0.2) is 0 Å². The molecule has 1 aliphatic carbocycles. The molecule has 2 fully saturated rings.